The number of hydrogen-bond acceptors (Lipinski definition) is 3. The van der Waals surface area contributed by atoms with Crippen molar-refractivity contribution in [3.8, 4) is 0 Å². The minimum atomic E-state index is -0.306. The third-order valence-corrected chi connectivity index (χ3v) is 6.68. The van der Waals surface area contributed by atoms with E-state index in [0.29, 0.717) is 17.8 Å². The summed E-state index contributed by atoms with van der Waals surface area (Å²) in [5, 5.41) is 5.96. The molecule has 3 aromatic carbocycles. The summed E-state index contributed by atoms with van der Waals surface area (Å²) >= 11 is 0. The third-order valence-electron chi connectivity index (χ3n) is 6.68. The van der Waals surface area contributed by atoms with Gasteiger partial charge in [-0.25, -0.2) is 4.39 Å². The third kappa shape index (κ3) is 4.96. The molecule has 2 aliphatic rings. The molecule has 2 N–H and O–H groups in total. The van der Waals surface area contributed by atoms with E-state index in [4.69, 9.17) is 0 Å². The first kappa shape index (κ1) is 22.1. The van der Waals surface area contributed by atoms with Crippen molar-refractivity contribution in [3.63, 3.8) is 0 Å². The number of benzene rings is 3. The van der Waals surface area contributed by atoms with Crippen LogP contribution in [0, 0.1) is 11.7 Å². The molecular formula is C28H28FN3O2. The molecular weight excluding hydrogens is 429 g/mol. The van der Waals surface area contributed by atoms with E-state index in [1.165, 1.54) is 17.7 Å². The second kappa shape index (κ2) is 9.67. The monoisotopic (exact) mass is 457 g/mol. The molecule has 6 heteroatoms. The van der Waals surface area contributed by atoms with Gasteiger partial charge in [0, 0.05) is 36.9 Å². The smallest absolute Gasteiger partial charge is 0.253 e. The van der Waals surface area contributed by atoms with E-state index >= 15 is 0 Å². The molecule has 0 spiro atoms. The maximum atomic E-state index is 13.2. The van der Waals surface area contributed by atoms with Crippen LogP contribution in [0.3, 0.4) is 0 Å². The van der Waals surface area contributed by atoms with E-state index in [2.05, 4.69) is 27.7 Å². The van der Waals surface area contributed by atoms with Gasteiger partial charge >= 0.3 is 0 Å². The second-order valence-electron chi connectivity index (χ2n) is 9.08. The van der Waals surface area contributed by atoms with Crippen molar-refractivity contribution in [2.75, 3.05) is 23.3 Å². The first-order chi connectivity index (χ1) is 16.6. The summed E-state index contributed by atoms with van der Waals surface area (Å²) in [5.74, 6) is -0.323. The molecule has 0 bridgehead atoms. The maximum absolute atomic E-state index is 13.2. The summed E-state index contributed by atoms with van der Waals surface area (Å²) in [6, 6.07) is 21.8. The molecule has 0 radical (unpaired) electrons. The van der Waals surface area contributed by atoms with Crippen molar-refractivity contribution in [1.82, 2.24) is 5.32 Å². The summed E-state index contributed by atoms with van der Waals surface area (Å²) in [6.45, 7) is 2.12. The van der Waals surface area contributed by atoms with Crippen LogP contribution >= 0.6 is 0 Å². The Balaban J connectivity index is 1.30. The Labute approximate surface area is 199 Å². The number of nitrogens with one attached hydrogen (secondary N) is 2. The van der Waals surface area contributed by atoms with Crippen molar-refractivity contribution >= 4 is 23.2 Å². The van der Waals surface area contributed by atoms with E-state index in [-0.39, 0.29) is 29.5 Å². The zero-order valence-corrected chi connectivity index (χ0v) is 19.0. The Kier molecular flexibility index (Phi) is 6.30. The molecule has 1 heterocycles. The van der Waals surface area contributed by atoms with Crippen molar-refractivity contribution in [2.45, 2.75) is 31.7 Å². The Morgan fingerprint density at radius 3 is 2.41 bits per heavy atom. The van der Waals surface area contributed by atoms with Crippen molar-refractivity contribution in [2.24, 2.45) is 5.92 Å². The van der Waals surface area contributed by atoms with Gasteiger partial charge in [-0.05, 0) is 66.6 Å². The molecule has 3 aromatic rings. The fourth-order valence-electron chi connectivity index (χ4n) is 4.70. The van der Waals surface area contributed by atoms with Crippen LogP contribution in [0.5, 0.6) is 0 Å². The number of hydrogen-bond donors (Lipinski definition) is 2. The van der Waals surface area contributed by atoms with Crippen LogP contribution in [0.1, 0.15) is 46.7 Å². The van der Waals surface area contributed by atoms with E-state index in [9.17, 15) is 14.0 Å². The van der Waals surface area contributed by atoms with E-state index in [1.807, 2.05) is 30.3 Å². The van der Waals surface area contributed by atoms with Crippen molar-refractivity contribution < 1.29 is 14.0 Å². The molecule has 2 fully saturated rings. The van der Waals surface area contributed by atoms with Crippen LogP contribution in [-0.2, 0) is 11.3 Å². The SMILES string of the molecule is O=C(NCc1ccc(F)cc1)c1cc(NC(=O)C2CC2c2ccccc2)ccc1N1CCCC1. The molecule has 2 atom stereocenters. The topological polar surface area (TPSA) is 61.4 Å². The predicted molar refractivity (Wildman–Crippen MR) is 131 cm³/mol. The number of amides is 2. The molecule has 1 saturated carbocycles. The van der Waals surface area contributed by atoms with Crippen molar-refractivity contribution in [3.05, 3.63) is 95.3 Å². The number of rotatable bonds is 7. The highest BCUT2D eigenvalue weighted by molar-refractivity contribution is 6.02. The van der Waals surface area contributed by atoms with Gasteiger partial charge in [0.2, 0.25) is 5.91 Å². The number of anilines is 2. The molecule has 1 saturated heterocycles. The largest absolute Gasteiger partial charge is 0.371 e. The molecule has 1 aliphatic carbocycles. The maximum Gasteiger partial charge on any atom is 0.253 e. The van der Waals surface area contributed by atoms with Gasteiger partial charge in [-0.15, -0.1) is 0 Å². The quantitative estimate of drug-likeness (QED) is 0.519. The first-order valence-corrected chi connectivity index (χ1v) is 11.9. The Hall–Kier alpha value is -3.67. The highest BCUT2D eigenvalue weighted by Gasteiger charge is 2.43. The zero-order chi connectivity index (χ0) is 23.5. The van der Waals surface area contributed by atoms with Crippen LogP contribution in [0.15, 0.2) is 72.8 Å². The van der Waals surface area contributed by atoms with Gasteiger partial charge < -0.3 is 15.5 Å². The van der Waals surface area contributed by atoms with Gasteiger partial charge in [0.25, 0.3) is 5.91 Å². The Morgan fingerprint density at radius 1 is 0.941 bits per heavy atom. The molecule has 0 aromatic heterocycles. The van der Waals surface area contributed by atoms with Gasteiger partial charge in [0.15, 0.2) is 0 Å². The summed E-state index contributed by atoms with van der Waals surface area (Å²) in [6.07, 6.45) is 3.03. The molecule has 5 nitrogen and oxygen atoms in total. The molecule has 2 unspecified atom stereocenters. The summed E-state index contributed by atoms with van der Waals surface area (Å²) in [5.41, 5.74) is 4.05. The predicted octanol–water partition coefficient (Wildman–Crippen LogP) is 5.10. The molecule has 2 amide bonds. The minimum absolute atomic E-state index is 0.0135. The van der Waals surface area contributed by atoms with Gasteiger partial charge in [-0.2, -0.15) is 0 Å². The fraction of sp³-hybridized carbons (Fsp3) is 0.286. The van der Waals surface area contributed by atoms with Crippen LogP contribution in [0.4, 0.5) is 15.8 Å². The standard InChI is InChI=1S/C28H28FN3O2/c29-21-10-8-19(9-11-21)18-30-27(33)25-16-22(12-13-26(25)32-14-4-5-15-32)31-28(34)24-17-23(24)20-6-2-1-3-7-20/h1-3,6-13,16,23-24H,4-5,14-15,17-18H2,(H,30,33)(H,31,34). The van der Waals surface area contributed by atoms with Gasteiger partial charge in [0.1, 0.15) is 5.82 Å². The number of nitrogens with zero attached hydrogens (tertiary/aromatic N) is 1. The number of carbonyl (C=O) groups is 2. The van der Waals surface area contributed by atoms with Gasteiger partial charge in [0.05, 0.1) is 5.56 Å². The van der Waals surface area contributed by atoms with E-state index < -0.39 is 0 Å². The average molecular weight is 458 g/mol. The van der Waals surface area contributed by atoms with Crippen LogP contribution in [-0.4, -0.2) is 24.9 Å². The first-order valence-electron chi connectivity index (χ1n) is 11.9. The highest BCUT2D eigenvalue weighted by Crippen LogP contribution is 2.48. The molecule has 1 aliphatic heterocycles. The zero-order valence-electron chi connectivity index (χ0n) is 19.0. The Bertz CT molecular complexity index is 1170. The summed E-state index contributed by atoms with van der Waals surface area (Å²) in [4.78, 5) is 28.2. The lowest BCUT2D eigenvalue weighted by molar-refractivity contribution is -0.117. The van der Waals surface area contributed by atoms with E-state index in [0.717, 1.165) is 43.6 Å². The van der Waals surface area contributed by atoms with Crippen LogP contribution in [0.2, 0.25) is 0 Å². The Morgan fingerprint density at radius 2 is 1.68 bits per heavy atom. The second-order valence-corrected chi connectivity index (χ2v) is 9.08. The minimum Gasteiger partial charge on any atom is -0.371 e. The lowest BCUT2D eigenvalue weighted by Gasteiger charge is -2.22. The molecule has 34 heavy (non-hydrogen) atoms. The van der Waals surface area contributed by atoms with Gasteiger partial charge in [-0.3, -0.25) is 9.59 Å². The summed E-state index contributed by atoms with van der Waals surface area (Å²) < 4.78 is 13.2. The van der Waals surface area contributed by atoms with Crippen LogP contribution < -0.4 is 15.5 Å². The van der Waals surface area contributed by atoms with Gasteiger partial charge in [-0.1, -0.05) is 42.5 Å². The lowest BCUT2D eigenvalue weighted by Crippen LogP contribution is -2.27. The van der Waals surface area contributed by atoms with E-state index in [1.54, 1.807) is 18.2 Å². The fourth-order valence-corrected chi connectivity index (χ4v) is 4.70. The normalized spacial score (nSPS) is 19.0. The lowest BCUT2D eigenvalue weighted by atomic mass is 10.1. The highest BCUT2D eigenvalue weighted by atomic mass is 19.1. The number of halogens is 1. The van der Waals surface area contributed by atoms with Crippen LogP contribution in [0.25, 0.3) is 0 Å². The average Bonchev–Trinajstić information content (AvgIpc) is 3.49. The molecule has 5 rings (SSSR count). The number of carbonyl (C=O) groups excluding carboxylic acids is 2. The summed E-state index contributed by atoms with van der Waals surface area (Å²) in [7, 11) is 0. The molecule has 174 valence electrons. The van der Waals surface area contributed by atoms with Crippen molar-refractivity contribution in [1.29, 1.82) is 0 Å².